The lowest BCUT2D eigenvalue weighted by Gasteiger charge is -2.17. The molecule has 0 amide bonds. The maximum absolute atomic E-state index is 9.99. The minimum Gasteiger partial charge on any atom is -1.00 e. The summed E-state index contributed by atoms with van der Waals surface area (Å²) in [5, 5.41) is 11.0. The number of rotatable bonds is 7. The summed E-state index contributed by atoms with van der Waals surface area (Å²) in [6.07, 6.45) is 5.52. The van der Waals surface area contributed by atoms with Gasteiger partial charge in [0.15, 0.2) is 0 Å². The van der Waals surface area contributed by atoms with Gasteiger partial charge in [-0.2, -0.15) is 0 Å². The summed E-state index contributed by atoms with van der Waals surface area (Å²) < 4.78 is 0. The van der Waals surface area contributed by atoms with E-state index in [0.29, 0.717) is 5.75 Å². The molecular formula is C16H25ClN2O. The molecule has 0 aliphatic heterocycles. The first-order chi connectivity index (χ1) is 9.26. The highest BCUT2D eigenvalue weighted by atomic mass is 35.5. The van der Waals surface area contributed by atoms with Gasteiger partial charge in [0.1, 0.15) is 5.75 Å². The molecule has 0 aliphatic carbocycles. The van der Waals surface area contributed by atoms with Gasteiger partial charge in [0.25, 0.3) is 0 Å². The normalized spacial score (nSPS) is 10.9. The number of H-pyrrole nitrogens is 1. The Labute approximate surface area is 127 Å². The Morgan fingerprint density at radius 1 is 1.10 bits per heavy atom. The molecule has 0 bridgehead atoms. The highest BCUT2D eigenvalue weighted by molar-refractivity contribution is 5.88. The highest BCUT2D eigenvalue weighted by Gasteiger charge is 2.11. The van der Waals surface area contributed by atoms with Gasteiger partial charge in [0, 0.05) is 23.5 Å². The maximum Gasteiger partial charge on any atom is 0.125 e. The van der Waals surface area contributed by atoms with Crippen LogP contribution in [-0.2, 0) is 6.42 Å². The van der Waals surface area contributed by atoms with E-state index >= 15 is 0 Å². The number of halogens is 1. The Kier molecular flexibility index (Phi) is 6.89. The number of hydrogen-bond donors (Lipinski definition) is 3. The van der Waals surface area contributed by atoms with Gasteiger partial charge < -0.3 is 27.4 Å². The van der Waals surface area contributed by atoms with Crippen LogP contribution >= 0.6 is 0 Å². The molecule has 2 rings (SSSR count). The van der Waals surface area contributed by atoms with Crippen molar-refractivity contribution < 1.29 is 22.4 Å². The van der Waals surface area contributed by atoms with Crippen molar-refractivity contribution >= 4 is 10.9 Å². The van der Waals surface area contributed by atoms with Crippen LogP contribution in [0.2, 0.25) is 0 Å². The van der Waals surface area contributed by atoms with Crippen molar-refractivity contribution in [1.82, 2.24) is 4.98 Å². The predicted octanol–water partition coefficient (Wildman–Crippen LogP) is -0.875. The van der Waals surface area contributed by atoms with Gasteiger partial charge >= 0.3 is 0 Å². The number of hydrogen-bond acceptors (Lipinski definition) is 1. The molecule has 0 atom stereocenters. The number of phenols is 1. The van der Waals surface area contributed by atoms with Crippen molar-refractivity contribution in [2.75, 3.05) is 19.6 Å². The fourth-order valence-corrected chi connectivity index (χ4v) is 2.83. The van der Waals surface area contributed by atoms with Crippen LogP contribution in [0.3, 0.4) is 0 Å². The number of aromatic amines is 1. The summed E-state index contributed by atoms with van der Waals surface area (Å²) >= 11 is 0. The zero-order valence-electron chi connectivity index (χ0n) is 12.4. The molecule has 2 aromatic rings. The van der Waals surface area contributed by atoms with Crippen LogP contribution < -0.4 is 17.3 Å². The third kappa shape index (κ3) is 3.90. The third-order valence-corrected chi connectivity index (χ3v) is 3.72. The van der Waals surface area contributed by atoms with Crippen LogP contribution in [0.4, 0.5) is 0 Å². The molecule has 20 heavy (non-hydrogen) atoms. The van der Waals surface area contributed by atoms with Crippen LogP contribution in [0, 0.1) is 0 Å². The second-order valence-electron chi connectivity index (χ2n) is 5.26. The van der Waals surface area contributed by atoms with E-state index in [1.165, 1.54) is 31.5 Å². The summed E-state index contributed by atoms with van der Waals surface area (Å²) in [4.78, 5) is 4.91. The number of benzene rings is 1. The molecular weight excluding hydrogens is 272 g/mol. The SMILES string of the molecule is CCC[NH+](CCC)CCc1c[nH]c2cccc(O)c12.[Cl-]. The van der Waals surface area contributed by atoms with Gasteiger partial charge in [-0.25, -0.2) is 0 Å². The van der Waals surface area contributed by atoms with Gasteiger partial charge in [-0.1, -0.05) is 19.9 Å². The van der Waals surface area contributed by atoms with Gasteiger partial charge in [-0.3, -0.25) is 0 Å². The van der Waals surface area contributed by atoms with E-state index in [9.17, 15) is 5.11 Å². The number of nitrogens with one attached hydrogen (secondary N) is 2. The highest BCUT2D eigenvalue weighted by Crippen LogP contribution is 2.27. The summed E-state index contributed by atoms with van der Waals surface area (Å²) in [6, 6.07) is 5.66. The monoisotopic (exact) mass is 296 g/mol. The number of phenolic OH excluding ortho intramolecular Hbond substituents is 1. The molecule has 1 aromatic heterocycles. The van der Waals surface area contributed by atoms with Gasteiger partial charge in [0.2, 0.25) is 0 Å². The molecule has 0 saturated carbocycles. The molecule has 0 radical (unpaired) electrons. The number of quaternary nitrogens is 1. The van der Waals surface area contributed by atoms with Crippen LogP contribution in [0.5, 0.6) is 5.75 Å². The summed E-state index contributed by atoms with van der Waals surface area (Å²) in [7, 11) is 0. The van der Waals surface area contributed by atoms with Crippen molar-refractivity contribution in [2.24, 2.45) is 0 Å². The van der Waals surface area contributed by atoms with Gasteiger partial charge in [-0.05, 0) is 30.5 Å². The van der Waals surface area contributed by atoms with E-state index in [1.54, 1.807) is 11.0 Å². The van der Waals surface area contributed by atoms with Crippen molar-refractivity contribution in [3.8, 4) is 5.75 Å². The molecule has 3 nitrogen and oxygen atoms in total. The first-order valence-electron chi connectivity index (χ1n) is 7.37. The first kappa shape index (κ1) is 16.9. The smallest absolute Gasteiger partial charge is 0.125 e. The van der Waals surface area contributed by atoms with E-state index in [-0.39, 0.29) is 12.4 Å². The Bertz CT molecular complexity index is 518. The van der Waals surface area contributed by atoms with Gasteiger partial charge in [-0.15, -0.1) is 0 Å². The standard InChI is InChI=1S/C16H24N2O.ClH/c1-3-9-18(10-4-2)11-8-13-12-17-14-6-5-7-15(19)16(13)14;/h5-7,12,17,19H,3-4,8-11H2,1-2H3;1H. The Balaban J connectivity index is 0.00000200. The maximum atomic E-state index is 9.99. The van der Waals surface area contributed by atoms with Crippen LogP contribution in [-0.4, -0.2) is 29.7 Å². The minimum absolute atomic E-state index is 0. The number of aromatic nitrogens is 1. The van der Waals surface area contributed by atoms with Crippen LogP contribution in [0.25, 0.3) is 10.9 Å². The second kappa shape index (κ2) is 8.18. The van der Waals surface area contributed by atoms with Crippen molar-refractivity contribution in [2.45, 2.75) is 33.1 Å². The summed E-state index contributed by atoms with van der Waals surface area (Å²) in [5.74, 6) is 0.390. The first-order valence-corrected chi connectivity index (χ1v) is 7.37. The molecule has 1 heterocycles. The summed E-state index contributed by atoms with van der Waals surface area (Å²) in [5.41, 5.74) is 2.26. The molecule has 3 N–H and O–H groups in total. The van der Waals surface area contributed by atoms with Crippen molar-refractivity contribution in [3.05, 3.63) is 30.0 Å². The predicted molar refractivity (Wildman–Crippen MR) is 79.8 cm³/mol. The van der Waals surface area contributed by atoms with Crippen LogP contribution in [0.15, 0.2) is 24.4 Å². The summed E-state index contributed by atoms with van der Waals surface area (Å²) in [6.45, 7) is 8.10. The topological polar surface area (TPSA) is 40.5 Å². The number of aromatic hydroxyl groups is 1. The molecule has 1 aromatic carbocycles. The molecule has 0 unspecified atom stereocenters. The van der Waals surface area contributed by atoms with Crippen LogP contribution in [0.1, 0.15) is 32.3 Å². The van der Waals surface area contributed by atoms with Crippen molar-refractivity contribution in [1.29, 1.82) is 0 Å². The Morgan fingerprint density at radius 3 is 2.45 bits per heavy atom. The van der Waals surface area contributed by atoms with Gasteiger partial charge in [0.05, 0.1) is 19.6 Å². The number of fused-ring (bicyclic) bond motifs is 1. The molecule has 0 saturated heterocycles. The molecule has 0 spiro atoms. The molecule has 0 fully saturated rings. The molecule has 4 heteroatoms. The van der Waals surface area contributed by atoms with E-state index in [0.717, 1.165) is 23.9 Å². The minimum atomic E-state index is 0. The third-order valence-electron chi connectivity index (χ3n) is 3.72. The molecule has 112 valence electrons. The fourth-order valence-electron chi connectivity index (χ4n) is 2.83. The van der Waals surface area contributed by atoms with E-state index in [1.807, 2.05) is 18.3 Å². The van der Waals surface area contributed by atoms with E-state index in [2.05, 4.69) is 18.8 Å². The fraction of sp³-hybridized carbons (Fsp3) is 0.500. The Hall–Kier alpha value is -1.19. The Morgan fingerprint density at radius 2 is 1.80 bits per heavy atom. The van der Waals surface area contributed by atoms with E-state index < -0.39 is 0 Å². The average molecular weight is 297 g/mol. The van der Waals surface area contributed by atoms with Crippen molar-refractivity contribution in [3.63, 3.8) is 0 Å². The zero-order chi connectivity index (χ0) is 13.7. The average Bonchev–Trinajstić information content (AvgIpc) is 2.81. The lowest BCUT2D eigenvalue weighted by molar-refractivity contribution is -0.900. The zero-order valence-corrected chi connectivity index (χ0v) is 13.1. The largest absolute Gasteiger partial charge is 1.00 e. The quantitative estimate of drug-likeness (QED) is 0.611. The lowest BCUT2D eigenvalue weighted by atomic mass is 10.1. The second-order valence-corrected chi connectivity index (χ2v) is 5.26. The van der Waals surface area contributed by atoms with E-state index in [4.69, 9.17) is 0 Å². The lowest BCUT2D eigenvalue weighted by Crippen LogP contribution is -3.12. The molecule has 0 aliphatic rings.